The van der Waals surface area contributed by atoms with Gasteiger partial charge in [0.15, 0.2) is 4.77 Å². The third-order valence-corrected chi connectivity index (χ3v) is 4.29. The van der Waals surface area contributed by atoms with Gasteiger partial charge in [0.25, 0.3) is 5.56 Å². The number of nitrogens with zero attached hydrogens (tertiary/aromatic N) is 2. The monoisotopic (exact) mass is 413 g/mol. The van der Waals surface area contributed by atoms with Gasteiger partial charge in [0.2, 0.25) is 5.88 Å². The maximum atomic E-state index is 12.1. The molecule has 0 fully saturated rings. The lowest BCUT2D eigenvalue weighted by atomic mass is 10.3. The third-order valence-electron chi connectivity index (χ3n) is 3.73. The zero-order valence-electron chi connectivity index (χ0n) is 14.6. The summed E-state index contributed by atoms with van der Waals surface area (Å²) in [6.45, 7) is 3.87. The van der Waals surface area contributed by atoms with Gasteiger partial charge in [0.1, 0.15) is 17.1 Å². The Labute approximate surface area is 171 Å². The molecule has 8 heteroatoms. The molecule has 0 unspecified atom stereocenters. The summed E-state index contributed by atoms with van der Waals surface area (Å²) in [6, 6.07) is 14.0. The summed E-state index contributed by atoms with van der Waals surface area (Å²) in [5.41, 5.74) is 0.0668. The molecule has 0 atom stereocenters. The van der Waals surface area contributed by atoms with Crippen LogP contribution in [-0.4, -0.2) is 20.9 Å². The molecule has 0 spiro atoms. The predicted octanol–water partition coefficient (Wildman–Crippen LogP) is 4.99. The SMILES string of the molecule is C=CCn1c(O)c(C=Nc2ccc(Oc3cccc(Cl)c3)cc2)c(=O)[nH]c1=S. The fourth-order valence-corrected chi connectivity index (χ4v) is 2.83. The van der Waals surface area contributed by atoms with E-state index >= 15 is 0 Å². The Morgan fingerprint density at radius 1 is 1.25 bits per heavy atom. The lowest BCUT2D eigenvalue weighted by Gasteiger charge is -2.08. The van der Waals surface area contributed by atoms with Crippen molar-refractivity contribution in [2.24, 2.45) is 4.99 Å². The second-order valence-corrected chi connectivity index (χ2v) is 6.53. The first-order valence-corrected chi connectivity index (χ1v) is 9.01. The van der Waals surface area contributed by atoms with Crippen LogP contribution in [0.5, 0.6) is 17.4 Å². The minimum atomic E-state index is -0.521. The lowest BCUT2D eigenvalue weighted by molar-refractivity contribution is 0.413. The predicted molar refractivity (Wildman–Crippen MR) is 113 cm³/mol. The average Bonchev–Trinajstić information content (AvgIpc) is 2.66. The summed E-state index contributed by atoms with van der Waals surface area (Å²) in [4.78, 5) is 18.8. The van der Waals surface area contributed by atoms with Crippen molar-refractivity contribution in [2.75, 3.05) is 0 Å². The first-order chi connectivity index (χ1) is 13.5. The number of allylic oxidation sites excluding steroid dienone is 1. The largest absolute Gasteiger partial charge is 0.494 e. The Morgan fingerprint density at radius 2 is 2.00 bits per heavy atom. The summed E-state index contributed by atoms with van der Waals surface area (Å²) in [7, 11) is 0. The number of rotatable bonds is 6. The maximum absolute atomic E-state index is 12.1. The Bertz CT molecular complexity index is 1150. The molecular formula is C20H16ClN3O3S. The Balaban J connectivity index is 1.82. The number of hydrogen-bond acceptors (Lipinski definition) is 5. The molecule has 0 aliphatic heterocycles. The van der Waals surface area contributed by atoms with E-state index in [1.807, 2.05) is 0 Å². The summed E-state index contributed by atoms with van der Waals surface area (Å²) in [5.74, 6) is 0.968. The van der Waals surface area contributed by atoms with Crippen LogP contribution in [-0.2, 0) is 6.54 Å². The maximum Gasteiger partial charge on any atom is 0.264 e. The highest BCUT2D eigenvalue weighted by atomic mass is 35.5. The van der Waals surface area contributed by atoms with Crippen molar-refractivity contribution in [1.82, 2.24) is 9.55 Å². The average molecular weight is 414 g/mol. The smallest absolute Gasteiger partial charge is 0.264 e. The minimum Gasteiger partial charge on any atom is -0.494 e. The quantitative estimate of drug-likeness (QED) is 0.339. The van der Waals surface area contributed by atoms with Gasteiger partial charge in [-0.15, -0.1) is 6.58 Å². The number of aliphatic imine (C=N–C) groups is 1. The summed E-state index contributed by atoms with van der Waals surface area (Å²) >= 11 is 11.0. The van der Waals surface area contributed by atoms with Gasteiger partial charge in [0, 0.05) is 17.8 Å². The molecule has 142 valence electrons. The van der Waals surface area contributed by atoms with E-state index < -0.39 is 5.56 Å². The summed E-state index contributed by atoms with van der Waals surface area (Å²) in [5, 5.41) is 10.9. The zero-order valence-corrected chi connectivity index (χ0v) is 16.2. The number of nitrogens with one attached hydrogen (secondary N) is 1. The van der Waals surface area contributed by atoms with Crippen molar-refractivity contribution in [3.8, 4) is 17.4 Å². The van der Waals surface area contributed by atoms with E-state index in [2.05, 4.69) is 16.6 Å². The van der Waals surface area contributed by atoms with Crippen LogP contribution >= 0.6 is 23.8 Å². The number of aromatic nitrogens is 2. The molecule has 0 aliphatic rings. The molecule has 28 heavy (non-hydrogen) atoms. The Hall–Kier alpha value is -3.16. The van der Waals surface area contributed by atoms with E-state index in [0.29, 0.717) is 22.2 Å². The van der Waals surface area contributed by atoms with E-state index in [4.69, 9.17) is 28.6 Å². The van der Waals surface area contributed by atoms with Crippen molar-refractivity contribution in [3.63, 3.8) is 0 Å². The van der Waals surface area contributed by atoms with Gasteiger partial charge in [-0.1, -0.05) is 23.7 Å². The van der Waals surface area contributed by atoms with Gasteiger partial charge in [-0.3, -0.25) is 19.3 Å². The van der Waals surface area contributed by atoms with Crippen LogP contribution < -0.4 is 10.3 Å². The third kappa shape index (κ3) is 4.57. The number of hydrogen-bond donors (Lipinski definition) is 2. The molecule has 2 N–H and O–H groups in total. The van der Waals surface area contributed by atoms with E-state index in [-0.39, 0.29) is 22.8 Å². The fraction of sp³-hybridized carbons (Fsp3) is 0.0500. The fourth-order valence-electron chi connectivity index (χ4n) is 2.40. The van der Waals surface area contributed by atoms with Gasteiger partial charge in [-0.2, -0.15) is 0 Å². The highest BCUT2D eigenvalue weighted by Gasteiger charge is 2.10. The molecule has 6 nitrogen and oxygen atoms in total. The van der Waals surface area contributed by atoms with Crippen LogP contribution in [0.25, 0.3) is 0 Å². The molecule has 3 aromatic rings. The minimum absolute atomic E-state index is 0.00899. The second kappa shape index (κ2) is 8.69. The number of halogens is 1. The molecule has 0 saturated carbocycles. The molecule has 1 aromatic heterocycles. The molecule has 0 aliphatic carbocycles. The van der Waals surface area contributed by atoms with E-state index in [9.17, 15) is 9.90 Å². The Morgan fingerprint density at radius 3 is 2.68 bits per heavy atom. The zero-order chi connectivity index (χ0) is 20.1. The normalized spacial score (nSPS) is 10.9. The molecule has 0 amide bonds. The van der Waals surface area contributed by atoms with E-state index in [1.54, 1.807) is 54.6 Å². The number of ether oxygens (including phenoxy) is 1. The van der Waals surface area contributed by atoms with Crippen LogP contribution in [0.3, 0.4) is 0 Å². The highest BCUT2D eigenvalue weighted by molar-refractivity contribution is 7.71. The van der Waals surface area contributed by atoms with Crippen molar-refractivity contribution in [1.29, 1.82) is 0 Å². The van der Waals surface area contributed by atoms with Gasteiger partial charge >= 0.3 is 0 Å². The standard InChI is InChI=1S/C20H16ClN3O3S/c1-2-10-24-19(26)17(18(25)23-20(24)28)12-22-14-6-8-15(9-7-14)27-16-5-3-4-13(21)11-16/h2-9,11-12,26H,1,10H2,(H,23,25,28). The van der Waals surface area contributed by atoms with E-state index in [1.165, 1.54) is 10.8 Å². The molecular weight excluding hydrogens is 398 g/mol. The van der Waals surface area contributed by atoms with Crippen LogP contribution in [0.15, 0.2) is 71.0 Å². The van der Waals surface area contributed by atoms with Crippen molar-refractivity contribution >= 4 is 35.7 Å². The summed E-state index contributed by atoms with van der Waals surface area (Å²) < 4.78 is 7.18. The molecule has 0 radical (unpaired) electrons. The van der Waals surface area contributed by atoms with Gasteiger partial charge < -0.3 is 9.84 Å². The van der Waals surface area contributed by atoms with Crippen molar-refractivity contribution in [3.05, 3.63) is 86.9 Å². The molecule has 2 aromatic carbocycles. The van der Waals surface area contributed by atoms with Crippen LogP contribution in [0.2, 0.25) is 5.02 Å². The summed E-state index contributed by atoms with van der Waals surface area (Å²) in [6.07, 6.45) is 2.85. The molecule has 1 heterocycles. The molecule has 0 bridgehead atoms. The first kappa shape index (κ1) is 19.6. The van der Waals surface area contributed by atoms with Crippen LogP contribution in [0.1, 0.15) is 5.56 Å². The van der Waals surface area contributed by atoms with Gasteiger partial charge in [-0.25, -0.2) is 0 Å². The number of H-pyrrole nitrogens is 1. The number of aromatic amines is 1. The van der Waals surface area contributed by atoms with Crippen LogP contribution in [0.4, 0.5) is 5.69 Å². The lowest BCUT2D eigenvalue weighted by Crippen LogP contribution is -2.18. The van der Waals surface area contributed by atoms with Gasteiger partial charge in [0.05, 0.1) is 5.69 Å². The molecule has 0 saturated heterocycles. The van der Waals surface area contributed by atoms with Crippen molar-refractivity contribution < 1.29 is 9.84 Å². The number of aromatic hydroxyl groups is 1. The van der Waals surface area contributed by atoms with Crippen LogP contribution in [0, 0.1) is 4.77 Å². The number of benzene rings is 2. The highest BCUT2D eigenvalue weighted by Crippen LogP contribution is 2.26. The molecule has 3 rings (SSSR count). The first-order valence-electron chi connectivity index (χ1n) is 8.22. The second-order valence-electron chi connectivity index (χ2n) is 5.71. The van der Waals surface area contributed by atoms with E-state index in [0.717, 1.165) is 0 Å². The Kier molecular flexibility index (Phi) is 6.08. The topological polar surface area (TPSA) is 79.6 Å². The van der Waals surface area contributed by atoms with Gasteiger partial charge in [-0.05, 0) is 54.7 Å². The van der Waals surface area contributed by atoms with Crippen molar-refractivity contribution in [2.45, 2.75) is 6.54 Å².